The monoisotopic (exact) mass is 1190 g/mol. The molecule has 15 saturated carbocycles. The van der Waals surface area contributed by atoms with Crippen molar-refractivity contribution in [2.24, 2.45) is 110 Å². The summed E-state index contributed by atoms with van der Waals surface area (Å²) < 4.78 is 29.8. The second kappa shape index (κ2) is 26.3. The van der Waals surface area contributed by atoms with Gasteiger partial charge in [-0.25, -0.2) is 0 Å². The van der Waals surface area contributed by atoms with Gasteiger partial charge in [0.1, 0.15) is 28.5 Å². The lowest BCUT2D eigenvalue weighted by atomic mass is 9.32. The molecule has 10 heteroatoms. The number of hydrogen-bond acceptors (Lipinski definition) is 10. The summed E-state index contributed by atoms with van der Waals surface area (Å²) in [6, 6.07) is 0. The topological polar surface area (TPSA) is 132 Å². The van der Waals surface area contributed by atoms with Crippen LogP contribution in [-0.2, 0) is 47.7 Å². The van der Waals surface area contributed by atoms with Crippen LogP contribution in [0.15, 0.2) is 0 Å². The van der Waals surface area contributed by atoms with Crippen LogP contribution in [0.2, 0.25) is 0 Å². The van der Waals surface area contributed by atoms with Crippen LogP contribution in [0, 0.1) is 110 Å². The van der Waals surface area contributed by atoms with Crippen LogP contribution in [0.1, 0.15) is 308 Å². The van der Waals surface area contributed by atoms with E-state index in [0.717, 1.165) is 119 Å². The fourth-order valence-electron chi connectivity index (χ4n) is 19.9. The van der Waals surface area contributed by atoms with E-state index in [9.17, 15) is 24.0 Å². The van der Waals surface area contributed by atoms with Gasteiger partial charge in [0.05, 0.1) is 27.6 Å². The molecule has 0 aromatic carbocycles. The van der Waals surface area contributed by atoms with Crippen LogP contribution >= 0.6 is 0 Å². The largest absolute Gasteiger partial charge is 0.462 e. The summed E-state index contributed by atoms with van der Waals surface area (Å²) in [5, 5.41) is 0. The fourth-order valence-corrected chi connectivity index (χ4v) is 19.9. The van der Waals surface area contributed by atoms with Crippen LogP contribution < -0.4 is 0 Å². The van der Waals surface area contributed by atoms with E-state index in [4.69, 9.17) is 23.7 Å². The van der Waals surface area contributed by atoms with Crippen molar-refractivity contribution in [3.05, 3.63) is 0 Å². The third-order valence-electron chi connectivity index (χ3n) is 25.8. The molecule has 0 amide bonds. The van der Waals surface area contributed by atoms with Crippen LogP contribution in [0.25, 0.3) is 0 Å². The third-order valence-corrected chi connectivity index (χ3v) is 25.8. The van der Waals surface area contributed by atoms with Crippen LogP contribution in [0.3, 0.4) is 0 Å². The van der Waals surface area contributed by atoms with E-state index in [-0.39, 0.29) is 121 Å². The summed E-state index contributed by atoms with van der Waals surface area (Å²) in [6.45, 7) is 34.2. The van der Waals surface area contributed by atoms with E-state index in [1.54, 1.807) is 0 Å². The predicted molar refractivity (Wildman–Crippen MR) is 345 cm³/mol. The van der Waals surface area contributed by atoms with Gasteiger partial charge >= 0.3 is 29.8 Å². The van der Waals surface area contributed by atoms with Gasteiger partial charge in [0.25, 0.3) is 0 Å². The highest BCUT2D eigenvalue weighted by Gasteiger charge is 2.73. The lowest BCUT2D eigenvalue weighted by Crippen LogP contribution is -2.71. The number of hydrogen-bond donors (Lipinski definition) is 0. The summed E-state index contributed by atoms with van der Waals surface area (Å²) in [5.41, 5.74) is -2.08. The number of rotatable bonds is 14. The molecular weight excluding hydrogens is 1060 g/mol. The second-order valence-electron chi connectivity index (χ2n) is 33.9. The normalized spacial score (nSPS) is 37.9. The summed E-state index contributed by atoms with van der Waals surface area (Å²) in [4.78, 5) is 62.4. The molecule has 0 heterocycles. The fraction of sp³-hybridized carbons (Fsp3) is 0.933. The molecule has 6 atom stereocenters. The van der Waals surface area contributed by atoms with Gasteiger partial charge in [-0.15, -0.1) is 0 Å². The molecule has 0 aromatic heterocycles. The van der Waals surface area contributed by atoms with Gasteiger partial charge in [0, 0.05) is 5.41 Å². The number of esters is 5. The van der Waals surface area contributed by atoms with Gasteiger partial charge in [0.2, 0.25) is 0 Å². The smallest absolute Gasteiger partial charge is 0.312 e. The lowest BCUT2D eigenvalue weighted by molar-refractivity contribution is -0.282. The van der Waals surface area contributed by atoms with Gasteiger partial charge in [0.15, 0.2) is 0 Å². The molecule has 0 aromatic rings. The van der Waals surface area contributed by atoms with E-state index in [0.29, 0.717) is 41.4 Å². The molecule has 0 spiro atoms. The van der Waals surface area contributed by atoms with E-state index in [1.807, 2.05) is 76.2 Å². The highest BCUT2D eigenvalue weighted by atomic mass is 16.6. The molecule has 10 nitrogen and oxygen atoms in total. The SMILES string of the molecule is C.C.C.C.CCC(C)(C)C(=O)OC(C)(C)C.CCC(C)(C)C(=O)OC(C)(C)C12CC3CC(CC(C3)C1)C2.CCC(C)(C)C(=O)OC1CC2CC1C1CCCC21.CCC(C)C(=O)OC12CC3C4CC5(C(=O)OC6(C)CCCC6)CC3C(C1)C(C5)C4C2. The maximum atomic E-state index is 13.5. The van der Waals surface area contributed by atoms with Crippen LogP contribution in [0.5, 0.6) is 0 Å². The maximum Gasteiger partial charge on any atom is 0.312 e. The molecule has 0 saturated heterocycles. The molecule has 14 bridgehead atoms. The zero-order chi connectivity index (χ0) is 59.3. The molecule has 0 N–H and O–H groups in total. The summed E-state index contributed by atoms with van der Waals surface area (Å²) in [6.07, 6.45) is 29.2. The van der Waals surface area contributed by atoms with Gasteiger partial charge in [-0.1, -0.05) is 70.7 Å². The number of carbonyl (C=O) groups excluding carboxylic acids is 5. The zero-order valence-corrected chi connectivity index (χ0v) is 54.4. The zero-order valence-electron chi connectivity index (χ0n) is 54.4. The first kappa shape index (κ1) is 73.1. The van der Waals surface area contributed by atoms with E-state index in [1.165, 1.54) is 77.0 Å². The molecule has 6 unspecified atom stereocenters. The van der Waals surface area contributed by atoms with Crippen molar-refractivity contribution in [3.63, 3.8) is 0 Å². The Kier molecular flexibility index (Phi) is 22.6. The Balaban J connectivity index is 0.000000214. The minimum absolute atomic E-state index is 0. The lowest BCUT2D eigenvalue weighted by Gasteiger charge is -2.73. The minimum atomic E-state index is -0.372. The average Bonchev–Trinajstić information content (AvgIpc) is 1.32. The second-order valence-corrected chi connectivity index (χ2v) is 33.9. The highest BCUT2D eigenvalue weighted by Crippen LogP contribution is 2.76. The van der Waals surface area contributed by atoms with Crippen molar-refractivity contribution in [2.45, 2.75) is 336 Å². The summed E-state index contributed by atoms with van der Waals surface area (Å²) >= 11 is 0. The van der Waals surface area contributed by atoms with Gasteiger partial charge in [-0.3, -0.25) is 24.0 Å². The number of fused-ring (bicyclic) bond motifs is 5. The highest BCUT2D eigenvalue weighted by molar-refractivity contribution is 5.79. The first-order valence-electron chi connectivity index (χ1n) is 33.8. The van der Waals surface area contributed by atoms with Crippen molar-refractivity contribution in [2.75, 3.05) is 0 Å². The van der Waals surface area contributed by atoms with Crippen molar-refractivity contribution in [1.29, 1.82) is 0 Å². The quantitative estimate of drug-likeness (QED) is 0.122. The van der Waals surface area contributed by atoms with Crippen molar-refractivity contribution in [3.8, 4) is 0 Å². The molecule has 492 valence electrons. The molecular formula is C75H132O10. The molecule has 85 heavy (non-hydrogen) atoms. The van der Waals surface area contributed by atoms with Crippen molar-refractivity contribution in [1.82, 2.24) is 0 Å². The number of carbonyl (C=O) groups is 5. The Labute approximate surface area is 521 Å². The first-order valence-corrected chi connectivity index (χ1v) is 33.8. The van der Waals surface area contributed by atoms with Gasteiger partial charge < -0.3 is 23.7 Å². The van der Waals surface area contributed by atoms with Crippen molar-refractivity contribution >= 4 is 29.8 Å². The van der Waals surface area contributed by atoms with Crippen LogP contribution in [0.4, 0.5) is 0 Å². The third kappa shape index (κ3) is 14.3. The van der Waals surface area contributed by atoms with E-state index in [2.05, 4.69) is 41.5 Å². The minimum Gasteiger partial charge on any atom is -0.462 e. The Morgan fingerprint density at radius 2 is 0.906 bits per heavy atom. The van der Waals surface area contributed by atoms with E-state index >= 15 is 0 Å². The Morgan fingerprint density at radius 1 is 0.482 bits per heavy atom. The maximum absolute atomic E-state index is 13.5. The molecule has 0 aliphatic heterocycles. The summed E-state index contributed by atoms with van der Waals surface area (Å²) in [5.74, 6) is 10.1. The average molecular weight is 1190 g/mol. The van der Waals surface area contributed by atoms with E-state index < -0.39 is 0 Å². The Hall–Kier alpha value is -2.65. The Bertz CT molecular complexity index is 2210. The number of ether oxygens (including phenoxy) is 5. The van der Waals surface area contributed by atoms with Crippen molar-refractivity contribution < 1.29 is 47.7 Å². The van der Waals surface area contributed by atoms with Crippen LogP contribution in [-0.4, -0.2) is 58.4 Å². The Morgan fingerprint density at radius 3 is 1.34 bits per heavy atom. The standard InChI is InChI=1S/C26H38O4.C19H32O2.C16H26O2.C10H20O2.4CH4/c1-4-15(2)22(27)29-26-12-19-16-9-25(23(28)30-24(3)7-5-6-8-24)10-17(19)21(14-26)18(11-25)20(16)13-26;1-6-17(2,3)16(20)21-18(4,5)19-10-13-7-14(11-19)9-15(8-13)12-19;1-4-16(2,3)15(17)18-14-9-10-8-13(14)12-7-5-6-11(10)12;1-7-10(5,6)8(11)12-9(2,3)4;;;;/h15-21H,4-14H2,1-3H3;13-15H,6-12H2,1-5H3;10-14H,4-9H2,1-3H3;7H2,1-6H3;4*1H4. The molecule has 15 aliphatic carbocycles. The summed E-state index contributed by atoms with van der Waals surface area (Å²) in [7, 11) is 0. The first-order chi connectivity index (χ1) is 37.7. The van der Waals surface area contributed by atoms with Gasteiger partial charge in [-0.05, 0) is 314 Å². The molecule has 15 rings (SSSR count). The predicted octanol–water partition coefficient (Wildman–Crippen LogP) is 19.3. The molecule has 15 aliphatic rings. The molecule has 0 radical (unpaired) electrons. The molecule has 15 fully saturated rings. The van der Waals surface area contributed by atoms with Gasteiger partial charge in [-0.2, -0.15) is 0 Å².